The predicted molar refractivity (Wildman–Crippen MR) is 225 cm³/mol. The Hall–Kier alpha value is -5.15. The molecule has 1 saturated carbocycles. The van der Waals surface area contributed by atoms with Crippen LogP contribution >= 0.6 is 0 Å². The summed E-state index contributed by atoms with van der Waals surface area (Å²) in [6, 6.07) is 33.2. The third kappa shape index (κ3) is 10.3. The lowest BCUT2D eigenvalue weighted by molar-refractivity contribution is -0.295. The second-order valence-electron chi connectivity index (χ2n) is 16.2. The maximum Gasteiger partial charge on any atom is 0.598 e. The third-order valence-electron chi connectivity index (χ3n) is 11.6. The van der Waals surface area contributed by atoms with Gasteiger partial charge >= 0.3 is 31.5 Å². The van der Waals surface area contributed by atoms with Gasteiger partial charge in [0.1, 0.15) is 13.2 Å². The van der Waals surface area contributed by atoms with E-state index in [1.54, 1.807) is 72.8 Å². The second-order valence-corrected chi connectivity index (χ2v) is 16.2. The van der Waals surface area contributed by atoms with Crippen LogP contribution in [0, 0.1) is 12.8 Å². The maximum atomic E-state index is 14.8. The van der Waals surface area contributed by atoms with Gasteiger partial charge in [0, 0.05) is 39.2 Å². The molecule has 15 heteroatoms. The number of alkyl halides is 10. The molecule has 7 rings (SSSR count). The monoisotopic (exact) mass is 882 g/mol. The minimum absolute atomic E-state index is 0.0226. The lowest BCUT2D eigenvalue weighted by Crippen LogP contribution is -2.48. The van der Waals surface area contributed by atoms with Gasteiger partial charge in [0.25, 0.3) is 0 Å². The topological polar surface area (TPSA) is 35.8 Å². The molecule has 2 heterocycles. The van der Waals surface area contributed by atoms with Crippen LogP contribution in [0.3, 0.4) is 0 Å². The van der Waals surface area contributed by atoms with Crippen LogP contribution in [-0.4, -0.2) is 54.9 Å². The number of allylic oxidation sites excluding steroid dienone is 1. The summed E-state index contributed by atoms with van der Waals surface area (Å²) in [6.07, 6.45) is -4.29. The minimum atomic E-state index is -6.16. The van der Waals surface area contributed by atoms with Gasteiger partial charge in [-0.3, -0.25) is 0 Å². The van der Waals surface area contributed by atoms with E-state index in [0.29, 0.717) is 51.6 Å². The van der Waals surface area contributed by atoms with Gasteiger partial charge in [-0.2, -0.15) is 43.9 Å². The highest BCUT2D eigenvalue weighted by Gasteiger charge is 2.60. The Labute approximate surface area is 359 Å². The van der Waals surface area contributed by atoms with Gasteiger partial charge < -0.3 is 13.8 Å². The molecule has 0 unspecified atom stereocenters. The molecule has 0 amide bonds. The van der Waals surface area contributed by atoms with Gasteiger partial charge in [-0.05, 0) is 42.9 Å². The molecule has 332 valence electrons. The molecular formula is C48H45BF10N2O2. The summed E-state index contributed by atoms with van der Waals surface area (Å²) in [5.41, 5.74) is 5.82. The van der Waals surface area contributed by atoms with Crippen molar-refractivity contribution in [3.63, 3.8) is 0 Å². The van der Waals surface area contributed by atoms with Crippen LogP contribution in [0.25, 0.3) is 33.7 Å². The number of unbranched alkanes of at least 4 members (excludes halogenated alkanes) is 1. The Morgan fingerprint density at radius 3 is 1.73 bits per heavy atom. The zero-order valence-electron chi connectivity index (χ0n) is 34.4. The molecule has 5 aromatic rings. The van der Waals surface area contributed by atoms with Crippen molar-refractivity contribution < 1.29 is 53.2 Å². The molecule has 0 saturated heterocycles. The molecule has 1 aliphatic heterocycles. The van der Waals surface area contributed by atoms with Gasteiger partial charge in [0.05, 0.1) is 11.4 Å². The number of aromatic nitrogens is 1. The standard InChI is InChI=1S/C48H45BF10N2O2/c1-32-25-27-36(28-26-32)42-37-22-13-14-23-38(37)43(60-42)39(24-12-11-17-33-15-5-2-6-16-33)44-40(34-18-7-3-8-19-34)29-41(35-20-9-4-10-21-35)61(44)49(62-30-45(50,51)47(54,55)56)63-31-46(52,53)48(57,58)59/h3-4,7-10,13-14,18-23,25-29,33H,2,5-6,11-12,15-17,24,30-31H2,1H3/b43-39-. The lowest BCUT2D eigenvalue weighted by Gasteiger charge is -2.27. The summed E-state index contributed by atoms with van der Waals surface area (Å²) in [5, 5.41) is 0. The van der Waals surface area contributed by atoms with E-state index >= 15 is 0 Å². The molecule has 0 N–H and O–H groups in total. The fraction of sp³-hybridized carbons (Fsp3) is 0.354. The number of fused-ring (bicyclic) bond motifs is 1. The number of halogens is 10. The molecule has 2 aliphatic rings. The van der Waals surface area contributed by atoms with Crippen LogP contribution in [-0.2, 0) is 9.31 Å². The number of hydrogen-bond acceptors (Lipinski definition) is 3. The van der Waals surface area contributed by atoms with E-state index in [9.17, 15) is 43.9 Å². The predicted octanol–water partition coefficient (Wildman–Crippen LogP) is 14.3. The van der Waals surface area contributed by atoms with Crippen LogP contribution in [0.2, 0.25) is 0 Å². The lowest BCUT2D eigenvalue weighted by atomic mass is 9.85. The van der Waals surface area contributed by atoms with Gasteiger partial charge in [0.2, 0.25) is 0 Å². The fourth-order valence-corrected chi connectivity index (χ4v) is 8.28. The molecule has 1 fully saturated rings. The molecule has 1 aliphatic carbocycles. The largest absolute Gasteiger partial charge is 0.598 e. The van der Waals surface area contributed by atoms with Crippen molar-refractivity contribution in [1.82, 2.24) is 4.48 Å². The first-order chi connectivity index (χ1) is 29.9. The summed E-state index contributed by atoms with van der Waals surface area (Å²) >= 11 is 0. The fourth-order valence-electron chi connectivity index (χ4n) is 8.28. The normalized spacial score (nSPS) is 16.0. The quantitative estimate of drug-likeness (QED) is 0.0562. The average molecular weight is 883 g/mol. The summed E-state index contributed by atoms with van der Waals surface area (Å²) in [6.45, 7) is -2.99. The van der Waals surface area contributed by atoms with E-state index in [-0.39, 0.29) is 17.8 Å². The van der Waals surface area contributed by atoms with Crippen molar-refractivity contribution >= 4 is 24.2 Å². The molecule has 0 spiro atoms. The molecule has 4 nitrogen and oxygen atoms in total. The number of hydrogen-bond donors (Lipinski definition) is 0. The SMILES string of the molecule is Cc1ccc(C2=N/C(=C(/CCCCC3CCCCC3)c3c(-c4ccccc4)cc(-c4ccccc4)n3B(OCC(F)(F)C(F)(F)F)OCC(F)(F)C(F)(F)F)c3ccccc32)cc1. The Bertz CT molecular complexity index is 2360. The molecule has 1 aromatic heterocycles. The van der Waals surface area contributed by atoms with E-state index in [2.05, 4.69) is 0 Å². The number of rotatable bonds is 16. The Kier molecular flexibility index (Phi) is 13.8. The van der Waals surface area contributed by atoms with Gasteiger partial charge in [-0.15, -0.1) is 0 Å². The highest BCUT2D eigenvalue weighted by molar-refractivity contribution is 6.44. The number of nitrogens with zero attached hydrogens (tertiary/aromatic N) is 2. The van der Waals surface area contributed by atoms with Crippen LogP contribution in [0.5, 0.6) is 0 Å². The number of aryl methyl sites for hydroxylation is 1. The van der Waals surface area contributed by atoms with Gasteiger partial charge in [0.15, 0.2) is 0 Å². The van der Waals surface area contributed by atoms with Crippen molar-refractivity contribution in [3.8, 4) is 22.4 Å². The van der Waals surface area contributed by atoms with Crippen molar-refractivity contribution in [2.75, 3.05) is 13.2 Å². The molecule has 0 bridgehead atoms. The van der Waals surface area contributed by atoms with E-state index in [1.807, 2.05) is 49.4 Å². The van der Waals surface area contributed by atoms with Crippen LogP contribution in [0.4, 0.5) is 43.9 Å². The Morgan fingerprint density at radius 1 is 0.619 bits per heavy atom. The van der Waals surface area contributed by atoms with E-state index in [1.165, 1.54) is 6.42 Å². The zero-order chi connectivity index (χ0) is 45.0. The van der Waals surface area contributed by atoms with Crippen molar-refractivity contribution in [3.05, 3.63) is 143 Å². The average Bonchev–Trinajstić information content (AvgIpc) is 3.84. The van der Waals surface area contributed by atoms with Crippen molar-refractivity contribution in [2.45, 2.75) is 88.9 Å². The maximum absolute atomic E-state index is 14.8. The smallest absolute Gasteiger partial charge is 0.385 e. The van der Waals surface area contributed by atoms with E-state index in [4.69, 9.17) is 14.3 Å². The summed E-state index contributed by atoms with van der Waals surface area (Å²) in [5.74, 6) is -10.6. The third-order valence-corrected chi connectivity index (χ3v) is 11.6. The molecule has 0 atom stereocenters. The van der Waals surface area contributed by atoms with Crippen molar-refractivity contribution in [2.24, 2.45) is 10.9 Å². The number of benzene rings is 4. The first kappa shape index (κ1) is 45.9. The zero-order valence-corrected chi connectivity index (χ0v) is 34.4. The van der Waals surface area contributed by atoms with E-state index in [0.717, 1.165) is 59.7 Å². The number of aliphatic imine (C=N–C) groups is 1. The highest BCUT2D eigenvalue weighted by Crippen LogP contribution is 2.46. The molecule has 63 heavy (non-hydrogen) atoms. The Morgan fingerprint density at radius 2 is 1.16 bits per heavy atom. The summed E-state index contributed by atoms with van der Waals surface area (Å²) in [7, 11) is -2.68. The first-order valence-corrected chi connectivity index (χ1v) is 20.9. The van der Waals surface area contributed by atoms with Crippen molar-refractivity contribution in [1.29, 1.82) is 0 Å². The minimum Gasteiger partial charge on any atom is -0.385 e. The molecular weight excluding hydrogens is 837 g/mol. The van der Waals surface area contributed by atoms with Crippen LogP contribution in [0.15, 0.2) is 120 Å². The first-order valence-electron chi connectivity index (χ1n) is 20.9. The van der Waals surface area contributed by atoms with Gasteiger partial charge in [-0.1, -0.05) is 160 Å². The summed E-state index contributed by atoms with van der Waals surface area (Å²) < 4.78 is 152. The van der Waals surface area contributed by atoms with Crippen LogP contribution < -0.4 is 0 Å². The van der Waals surface area contributed by atoms with Gasteiger partial charge in [-0.25, -0.2) is 4.99 Å². The second kappa shape index (κ2) is 18.9. The molecule has 0 radical (unpaired) electrons. The van der Waals surface area contributed by atoms with E-state index < -0.39 is 44.7 Å². The van der Waals surface area contributed by atoms with Crippen LogP contribution in [0.1, 0.15) is 85.7 Å². The molecule has 4 aromatic carbocycles. The Balaban J connectivity index is 1.52. The highest BCUT2D eigenvalue weighted by atomic mass is 19.4. The summed E-state index contributed by atoms with van der Waals surface area (Å²) in [4.78, 5) is 5.22.